The lowest BCUT2D eigenvalue weighted by atomic mass is 10.2. The Morgan fingerprint density at radius 2 is 2.20 bits per heavy atom. The van der Waals surface area contributed by atoms with Crippen LogP contribution in [0.4, 0.5) is 13.9 Å². The fourth-order valence-electron chi connectivity index (χ4n) is 1.33. The number of rotatable bonds is 2. The highest BCUT2D eigenvalue weighted by Gasteiger charge is 2.11. The largest absolute Gasteiger partial charge is 0.320 e. The average Bonchev–Trinajstić information content (AvgIpc) is 2.87. The molecule has 102 valence electrons. The number of anilines is 1. The van der Waals surface area contributed by atoms with Crippen molar-refractivity contribution in [3.05, 3.63) is 46.5 Å². The summed E-state index contributed by atoms with van der Waals surface area (Å²) in [6, 6.07) is 2.91. The van der Waals surface area contributed by atoms with Crippen LogP contribution in [0.1, 0.15) is 15.2 Å². The Kier molecular flexibility index (Phi) is 4.40. The minimum Gasteiger partial charge on any atom is -0.320 e. The van der Waals surface area contributed by atoms with Crippen LogP contribution in [0.2, 0.25) is 0 Å². The molecule has 4 nitrogen and oxygen atoms in total. The number of halogens is 2. The Balaban J connectivity index is 2.11. The van der Waals surface area contributed by atoms with Gasteiger partial charge in [0.25, 0.3) is 5.91 Å². The summed E-state index contributed by atoms with van der Waals surface area (Å²) in [5.41, 5.74) is 5.25. The lowest BCUT2D eigenvalue weighted by molar-refractivity contribution is 0.102. The number of benzene rings is 1. The van der Waals surface area contributed by atoms with Crippen LogP contribution < -0.4 is 11.1 Å². The number of carbonyl (C=O) groups excluding carboxylic acids is 1. The van der Waals surface area contributed by atoms with E-state index in [2.05, 4.69) is 22.1 Å². The van der Waals surface area contributed by atoms with Crippen molar-refractivity contribution >= 4 is 22.4 Å². The van der Waals surface area contributed by atoms with Crippen LogP contribution in [0.15, 0.2) is 24.4 Å². The van der Waals surface area contributed by atoms with Gasteiger partial charge in [-0.1, -0.05) is 23.2 Å². The molecule has 0 aliphatic carbocycles. The molecule has 0 saturated carbocycles. The summed E-state index contributed by atoms with van der Waals surface area (Å²) < 4.78 is 25.8. The van der Waals surface area contributed by atoms with Gasteiger partial charge in [-0.2, -0.15) is 0 Å². The van der Waals surface area contributed by atoms with Crippen molar-refractivity contribution < 1.29 is 13.6 Å². The van der Waals surface area contributed by atoms with E-state index < -0.39 is 17.5 Å². The zero-order valence-corrected chi connectivity index (χ0v) is 10.9. The Morgan fingerprint density at radius 1 is 1.40 bits per heavy atom. The van der Waals surface area contributed by atoms with Gasteiger partial charge >= 0.3 is 0 Å². The number of nitrogens with two attached hydrogens (primary N) is 1. The van der Waals surface area contributed by atoms with Gasteiger partial charge in [0.05, 0.1) is 17.6 Å². The summed E-state index contributed by atoms with van der Waals surface area (Å²) in [5, 5.41) is 2.80. The molecule has 2 rings (SSSR count). The van der Waals surface area contributed by atoms with Gasteiger partial charge in [0.15, 0.2) is 16.8 Å². The molecule has 0 unspecified atom stereocenters. The van der Waals surface area contributed by atoms with Crippen molar-refractivity contribution in [1.29, 1.82) is 0 Å². The van der Waals surface area contributed by atoms with Crippen LogP contribution >= 0.6 is 11.3 Å². The van der Waals surface area contributed by atoms with Gasteiger partial charge in [-0.15, -0.1) is 0 Å². The molecule has 0 atom stereocenters. The predicted molar refractivity (Wildman–Crippen MR) is 72.4 cm³/mol. The summed E-state index contributed by atoms with van der Waals surface area (Å²) in [6.07, 6.45) is 1.49. The van der Waals surface area contributed by atoms with Crippen LogP contribution in [-0.2, 0) is 0 Å². The Morgan fingerprint density at radius 3 is 2.90 bits per heavy atom. The highest BCUT2D eigenvalue weighted by atomic mass is 32.1. The third kappa shape index (κ3) is 3.38. The molecule has 1 heterocycles. The molecule has 1 aromatic carbocycles. The van der Waals surface area contributed by atoms with Crippen LogP contribution in [0, 0.1) is 23.5 Å². The summed E-state index contributed by atoms with van der Waals surface area (Å²) in [4.78, 5) is 16.4. The standard InChI is InChI=1S/C13H9F2N3OS/c14-10-4-3-8(6-11(10)15)12(19)18-13-17-7-9(20-13)2-1-5-16/h3-4,6-7H,5,16H2,(H,17,18,19). The smallest absolute Gasteiger partial charge is 0.257 e. The molecule has 1 aromatic heterocycles. The molecule has 0 aliphatic heterocycles. The van der Waals surface area contributed by atoms with Gasteiger partial charge in [-0.25, -0.2) is 13.8 Å². The minimum absolute atomic E-state index is 0.00805. The minimum atomic E-state index is -1.08. The van der Waals surface area contributed by atoms with Gasteiger partial charge in [0.1, 0.15) is 0 Å². The van der Waals surface area contributed by atoms with E-state index in [-0.39, 0.29) is 12.1 Å². The number of hydrogen-bond acceptors (Lipinski definition) is 4. The van der Waals surface area contributed by atoms with Crippen LogP contribution in [0.3, 0.4) is 0 Å². The number of nitrogens with one attached hydrogen (secondary N) is 1. The Hall–Kier alpha value is -2.30. The van der Waals surface area contributed by atoms with E-state index >= 15 is 0 Å². The number of thiazole rings is 1. The van der Waals surface area contributed by atoms with E-state index in [1.54, 1.807) is 0 Å². The van der Waals surface area contributed by atoms with Crippen molar-refractivity contribution in [2.75, 3.05) is 11.9 Å². The van der Waals surface area contributed by atoms with E-state index in [9.17, 15) is 13.6 Å². The van der Waals surface area contributed by atoms with Crippen molar-refractivity contribution in [3.8, 4) is 11.8 Å². The number of hydrogen-bond donors (Lipinski definition) is 2. The first-order valence-corrected chi connectivity index (χ1v) is 6.33. The normalized spacial score (nSPS) is 9.75. The van der Waals surface area contributed by atoms with Gasteiger partial charge < -0.3 is 5.73 Å². The first-order valence-electron chi connectivity index (χ1n) is 5.51. The summed E-state index contributed by atoms with van der Waals surface area (Å²) in [6.45, 7) is 0.231. The number of nitrogens with zero attached hydrogens (tertiary/aromatic N) is 1. The average molecular weight is 293 g/mol. The Labute approximate surface area is 117 Å². The SMILES string of the molecule is NCC#Cc1cnc(NC(=O)c2ccc(F)c(F)c2)s1. The molecule has 0 bridgehead atoms. The fraction of sp³-hybridized carbons (Fsp3) is 0.0769. The zero-order chi connectivity index (χ0) is 14.5. The molecule has 2 aromatic rings. The monoisotopic (exact) mass is 293 g/mol. The Bertz CT molecular complexity index is 703. The molecule has 0 radical (unpaired) electrons. The molecule has 3 N–H and O–H groups in total. The van der Waals surface area contributed by atoms with Gasteiger partial charge in [0.2, 0.25) is 0 Å². The van der Waals surface area contributed by atoms with Crippen LogP contribution in [0.5, 0.6) is 0 Å². The molecule has 0 spiro atoms. The van der Waals surface area contributed by atoms with Crippen molar-refractivity contribution in [3.63, 3.8) is 0 Å². The van der Waals surface area contributed by atoms with E-state index in [1.807, 2.05) is 0 Å². The molecular weight excluding hydrogens is 284 g/mol. The highest BCUT2D eigenvalue weighted by molar-refractivity contribution is 7.16. The van der Waals surface area contributed by atoms with E-state index in [4.69, 9.17) is 5.73 Å². The molecule has 0 aliphatic rings. The third-order valence-corrected chi connectivity index (χ3v) is 3.05. The number of aromatic nitrogens is 1. The lowest BCUT2D eigenvalue weighted by Gasteiger charge is -2.01. The van der Waals surface area contributed by atoms with Gasteiger partial charge in [-0.05, 0) is 18.2 Å². The highest BCUT2D eigenvalue weighted by Crippen LogP contribution is 2.18. The predicted octanol–water partition coefficient (Wildman–Crippen LogP) is 1.98. The first-order chi connectivity index (χ1) is 9.60. The number of amides is 1. The van der Waals surface area contributed by atoms with Gasteiger partial charge in [0, 0.05) is 5.56 Å². The topological polar surface area (TPSA) is 68.0 Å². The van der Waals surface area contributed by atoms with Gasteiger partial charge in [-0.3, -0.25) is 10.1 Å². The summed E-state index contributed by atoms with van der Waals surface area (Å²) >= 11 is 1.16. The van der Waals surface area contributed by atoms with E-state index in [1.165, 1.54) is 12.3 Å². The summed E-state index contributed by atoms with van der Waals surface area (Å²) in [5.74, 6) is 2.78. The van der Waals surface area contributed by atoms with Crippen LogP contribution in [0.25, 0.3) is 0 Å². The van der Waals surface area contributed by atoms with Crippen molar-refractivity contribution in [2.24, 2.45) is 5.73 Å². The second kappa shape index (κ2) is 6.23. The fourth-order valence-corrected chi connectivity index (χ4v) is 2.02. The second-order valence-electron chi connectivity index (χ2n) is 3.62. The molecule has 0 fully saturated rings. The quantitative estimate of drug-likeness (QED) is 0.832. The molecular formula is C13H9F2N3OS. The molecule has 7 heteroatoms. The second-order valence-corrected chi connectivity index (χ2v) is 4.65. The van der Waals surface area contributed by atoms with Crippen molar-refractivity contribution in [2.45, 2.75) is 0 Å². The first kappa shape index (κ1) is 14.1. The lowest BCUT2D eigenvalue weighted by Crippen LogP contribution is -2.12. The van der Waals surface area contributed by atoms with Crippen LogP contribution in [-0.4, -0.2) is 17.4 Å². The zero-order valence-electron chi connectivity index (χ0n) is 10.1. The third-order valence-electron chi connectivity index (χ3n) is 2.22. The van der Waals surface area contributed by atoms with E-state index in [0.29, 0.717) is 10.0 Å². The summed E-state index contributed by atoms with van der Waals surface area (Å²) in [7, 11) is 0. The maximum Gasteiger partial charge on any atom is 0.257 e. The number of carbonyl (C=O) groups is 1. The van der Waals surface area contributed by atoms with Crippen molar-refractivity contribution in [1.82, 2.24) is 4.98 Å². The molecule has 0 saturated heterocycles. The molecule has 20 heavy (non-hydrogen) atoms. The van der Waals surface area contributed by atoms with E-state index in [0.717, 1.165) is 23.5 Å². The maximum absolute atomic E-state index is 13.0. The maximum atomic E-state index is 13.0. The molecule has 1 amide bonds.